The summed E-state index contributed by atoms with van der Waals surface area (Å²) in [4.78, 5) is 16.7. The molecule has 1 heterocycles. The van der Waals surface area contributed by atoms with Gasteiger partial charge in [0.2, 0.25) is 0 Å². The van der Waals surface area contributed by atoms with Gasteiger partial charge in [-0.2, -0.15) is 0 Å². The molecular formula is C11H15NO2S. The summed E-state index contributed by atoms with van der Waals surface area (Å²) in [6, 6.07) is 0. The minimum atomic E-state index is -0.224. The summed E-state index contributed by atoms with van der Waals surface area (Å²) in [5.74, 6) is 0.370. The molecule has 0 radical (unpaired) electrons. The van der Waals surface area contributed by atoms with Gasteiger partial charge in [-0.25, -0.2) is 9.78 Å². The van der Waals surface area contributed by atoms with Crippen LogP contribution in [0.1, 0.15) is 52.5 Å². The summed E-state index contributed by atoms with van der Waals surface area (Å²) in [5, 5.41) is 1.11. The van der Waals surface area contributed by atoms with Crippen LogP contribution in [0.25, 0.3) is 0 Å². The lowest BCUT2D eigenvalue weighted by Gasteiger charge is -2.22. The van der Waals surface area contributed by atoms with E-state index in [2.05, 4.69) is 4.98 Å². The Kier molecular flexibility index (Phi) is 3.05. The predicted octanol–water partition coefficient (Wildman–Crippen LogP) is 2.90. The number of hydrogen-bond acceptors (Lipinski definition) is 4. The van der Waals surface area contributed by atoms with Crippen LogP contribution in [0.15, 0.2) is 0 Å². The van der Waals surface area contributed by atoms with E-state index in [0.717, 1.165) is 10.7 Å². The van der Waals surface area contributed by atoms with Gasteiger partial charge in [0.1, 0.15) is 4.88 Å². The van der Waals surface area contributed by atoms with Crippen molar-refractivity contribution in [2.24, 2.45) is 0 Å². The van der Waals surface area contributed by atoms with Gasteiger partial charge in [0.15, 0.2) is 0 Å². The van der Waals surface area contributed by atoms with Crippen molar-refractivity contribution in [1.29, 1.82) is 0 Å². The van der Waals surface area contributed by atoms with Crippen LogP contribution in [0.5, 0.6) is 0 Å². The van der Waals surface area contributed by atoms with Crippen molar-refractivity contribution in [2.75, 3.05) is 6.61 Å². The zero-order chi connectivity index (χ0) is 10.8. The SMILES string of the molecule is CCOC(=O)c1sc(C2CCC2)nc1C. The first-order valence-electron chi connectivity index (χ1n) is 5.36. The van der Waals surface area contributed by atoms with E-state index in [9.17, 15) is 4.79 Å². The summed E-state index contributed by atoms with van der Waals surface area (Å²) < 4.78 is 4.98. The van der Waals surface area contributed by atoms with Gasteiger partial charge < -0.3 is 4.74 Å². The van der Waals surface area contributed by atoms with Gasteiger partial charge in [0.25, 0.3) is 0 Å². The van der Waals surface area contributed by atoms with E-state index >= 15 is 0 Å². The van der Waals surface area contributed by atoms with Gasteiger partial charge in [-0.15, -0.1) is 11.3 Å². The summed E-state index contributed by atoms with van der Waals surface area (Å²) >= 11 is 1.51. The van der Waals surface area contributed by atoms with Crippen LogP contribution in [0.3, 0.4) is 0 Å². The number of thiazole rings is 1. The number of aryl methyl sites for hydroxylation is 1. The van der Waals surface area contributed by atoms with E-state index in [1.165, 1.54) is 30.6 Å². The van der Waals surface area contributed by atoms with E-state index in [1.807, 2.05) is 13.8 Å². The molecule has 0 aromatic carbocycles. The molecule has 3 nitrogen and oxygen atoms in total. The largest absolute Gasteiger partial charge is 0.462 e. The molecule has 1 saturated carbocycles. The molecule has 4 heteroatoms. The molecule has 15 heavy (non-hydrogen) atoms. The fourth-order valence-corrected chi connectivity index (χ4v) is 2.76. The summed E-state index contributed by atoms with van der Waals surface area (Å²) in [7, 11) is 0. The number of esters is 1. The molecule has 1 aliphatic rings. The minimum Gasteiger partial charge on any atom is -0.462 e. The van der Waals surface area contributed by atoms with Crippen molar-refractivity contribution in [3.8, 4) is 0 Å². The molecule has 0 amide bonds. The van der Waals surface area contributed by atoms with Crippen LogP contribution >= 0.6 is 11.3 Å². The van der Waals surface area contributed by atoms with E-state index in [-0.39, 0.29) is 5.97 Å². The van der Waals surface area contributed by atoms with Gasteiger partial charge in [0, 0.05) is 5.92 Å². The molecule has 82 valence electrons. The molecule has 0 saturated heterocycles. The number of rotatable bonds is 3. The third kappa shape index (κ3) is 2.04. The molecule has 2 rings (SSSR count). The third-order valence-electron chi connectivity index (χ3n) is 2.73. The Labute approximate surface area is 93.5 Å². The van der Waals surface area contributed by atoms with Gasteiger partial charge in [-0.3, -0.25) is 0 Å². The fraction of sp³-hybridized carbons (Fsp3) is 0.636. The Morgan fingerprint density at radius 2 is 2.33 bits per heavy atom. The quantitative estimate of drug-likeness (QED) is 0.742. The van der Waals surface area contributed by atoms with E-state index in [4.69, 9.17) is 4.74 Å². The second-order valence-corrected chi connectivity index (χ2v) is 4.85. The molecule has 1 fully saturated rings. The van der Waals surface area contributed by atoms with Crippen molar-refractivity contribution in [3.05, 3.63) is 15.6 Å². The van der Waals surface area contributed by atoms with Crippen LogP contribution < -0.4 is 0 Å². The summed E-state index contributed by atoms with van der Waals surface area (Å²) in [6.45, 7) is 4.13. The normalized spacial score (nSPS) is 16.1. The smallest absolute Gasteiger partial charge is 0.350 e. The van der Waals surface area contributed by atoms with Crippen LogP contribution in [0.2, 0.25) is 0 Å². The minimum absolute atomic E-state index is 0.224. The molecule has 0 unspecified atom stereocenters. The highest BCUT2D eigenvalue weighted by molar-refractivity contribution is 7.13. The molecule has 1 aromatic rings. The maximum Gasteiger partial charge on any atom is 0.350 e. The summed E-state index contributed by atoms with van der Waals surface area (Å²) in [5.41, 5.74) is 0.820. The molecular weight excluding hydrogens is 210 g/mol. The first-order valence-corrected chi connectivity index (χ1v) is 6.18. The predicted molar refractivity (Wildman–Crippen MR) is 59.4 cm³/mol. The van der Waals surface area contributed by atoms with Gasteiger partial charge in [0.05, 0.1) is 17.3 Å². The van der Waals surface area contributed by atoms with Gasteiger partial charge in [-0.05, 0) is 26.7 Å². The van der Waals surface area contributed by atoms with Crippen molar-refractivity contribution >= 4 is 17.3 Å². The first-order chi connectivity index (χ1) is 7.22. The molecule has 0 bridgehead atoms. The highest BCUT2D eigenvalue weighted by atomic mass is 32.1. The van der Waals surface area contributed by atoms with E-state index < -0.39 is 0 Å². The maximum atomic E-state index is 11.6. The Balaban J connectivity index is 2.17. The Hall–Kier alpha value is -0.900. The van der Waals surface area contributed by atoms with Crippen LogP contribution in [-0.4, -0.2) is 17.6 Å². The Bertz CT molecular complexity index is 369. The fourth-order valence-electron chi connectivity index (χ4n) is 1.63. The van der Waals surface area contributed by atoms with E-state index in [1.54, 1.807) is 0 Å². The number of carbonyl (C=O) groups excluding carboxylic acids is 1. The number of aromatic nitrogens is 1. The standard InChI is InChI=1S/C11H15NO2S/c1-3-14-11(13)9-7(2)12-10(15-9)8-5-4-6-8/h8H,3-6H2,1-2H3. The lowest BCUT2D eigenvalue weighted by molar-refractivity contribution is 0.0531. The molecule has 0 spiro atoms. The Morgan fingerprint density at radius 3 is 2.87 bits per heavy atom. The highest BCUT2D eigenvalue weighted by Gasteiger charge is 2.25. The monoisotopic (exact) mass is 225 g/mol. The topological polar surface area (TPSA) is 39.2 Å². The van der Waals surface area contributed by atoms with E-state index in [0.29, 0.717) is 17.4 Å². The average molecular weight is 225 g/mol. The zero-order valence-corrected chi connectivity index (χ0v) is 9.89. The van der Waals surface area contributed by atoms with Crippen molar-refractivity contribution < 1.29 is 9.53 Å². The Morgan fingerprint density at radius 1 is 1.60 bits per heavy atom. The third-order valence-corrected chi connectivity index (χ3v) is 4.03. The highest BCUT2D eigenvalue weighted by Crippen LogP contribution is 2.39. The lowest BCUT2D eigenvalue weighted by Crippen LogP contribution is -2.07. The molecule has 0 atom stereocenters. The summed E-state index contributed by atoms with van der Waals surface area (Å²) in [6.07, 6.45) is 3.72. The number of hydrogen-bond donors (Lipinski definition) is 0. The van der Waals surface area contributed by atoms with Crippen molar-refractivity contribution in [2.45, 2.75) is 39.0 Å². The zero-order valence-electron chi connectivity index (χ0n) is 9.08. The number of carbonyl (C=O) groups is 1. The second-order valence-electron chi connectivity index (χ2n) is 3.81. The van der Waals surface area contributed by atoms with Crippen molar-refractivity contribution in [1.82, 2.24) is 4.98 Å². The molecule has 1 aromatic heterocycles. The second kappa shape index (κ2) is 4.31. The van der Waals surface area contributed by atoms with Crippen LogP contribution in [0.4, 0.5) is 0 Å². The maximum absolute atomic E-state index is 11.6. The number of nitrogens with zero attached hydrogens (tertiary/aromatic N) is 1. The molecule has 1 aliphatic carbocycles. The van der Waals surface area contributed by atoms with Crippen LogP contribution in [0, 0.1) is 6.92 Å². The van der Waals surface area contributed by atoms with Gasteiger partial charge >= 0.3 is 5.97 Å². The molecule has 0 N–H and O–H groups in total. The lowest BCUT2D eigenvalue weighted by atomic mass is 9.86. The number of ether oxygens (including phenoxy) is 1. The average Bonchev–Trinajstić information content (AvgIpc) is 2.44. The van der Waals surface area contributed by atoms with Crippen LogP contribution in [-0.2, 0) is 4.74 Å². The van der Waals surface area contributed by atoms with Crippen molar-refractivity contribution in [3.63, 3.8) is 0 Å². The first kappa shape index (κ1) is 10.6. The molecule has 0 aliphatic heterocycles. The van der Waals surface area contributed by atoms with Gasteiger partial charge in [-0.1, -0.05) is 6.42 Å².